The number of carbonyl (C=O) groups is 1. The summed E-state index contributed by atoms with van der Waals surface area (Å²) in [6.07, 6.45) is 1.95. The molecule has 0 amide bonds. The Hall–Kier alpha value is -2.12. The number of carboxylic acid groups (broad SMARTS) is 1. The first-order chi connectivity index (χ1) is 8.43. The summed E-state index contributed by atoms with van der Waals surface area (Å²) in [4.78, 5) is 35.6. The smallest absolute Gasteiger partial charge is 0.342 e. The fourth-order valence-corrected chi connectivity index (χ4v) is 2.26. The van der Waals surface area contributed by atoms with Crippen LogP contribution >= 0.6 is 0 Å². The Labute approximate surface area is 101 Å². The lowest BCUT2D eigenvalue weighted by Crippen LogP contribution is -2.42. The van der Waals surface area contributed by atoms with Crippen LogP contribution in [0, 0.1) is 5.41 Å². The van der Waals surface area contributed by atoms with Gasteiger partial charge in [0, 0.05) is 6.04 Å². The molecule has 0 aliphatic heterocycles. The van der Waals surface area contributed by atoms with Crippen LogP contribution in [-0.2, 0) is 4.79 Å². The molecule has 0 bridgehead atoms. The molecule has 1 aliphatic carbocycles. The molecule has 1 fully saturated rings. The topological polar surface area (TPSA) is 128 Å². The SMILES string of the molecule is CC1(C(=O)O)CCCC1Nc1n[nH]c(=O)[nH]c1=O. The third-order valence-electron chi connectivity index (χ3n) is 3.47. The van der Waals surface area contributed by atoms with Gasteiger partial charge in [0.1, 0.15) is 0 Å². The summed E-state index contributed by atoms with van der Waals surface area (Å²) in [5.41, 5.74) is -2.28. The average Bonchev–Trinajstić information content (AvgIpc) is 2.66. The number of nitrogens with zero attached hydrogens (tertiary/aromatic N) is 1. The molecule has 98 valence electrons. The standard InChI is InChI=1S/C10H14N4O4/c1-10(8(16)17)4-2-3-5(10)11-6-7(15)12-9(18)14-13-6/h5H,2-4H2,1H3,(H,11,13)(H,16,17)(H2,12,14,15,18). The fraction of sp³-hybridized carbons (Fsp3) is 0.600. The van der Waals surface area contributed by atoms with E-state index in [1.54, 1.807) is 6.92 Å². The summed E-state index contributed by atoms with van der Waals surface area (Å²) in [6, 6.07) is -0.380. The van der Waals surface area contributed by atoms with E-state index in [-0.39, 0.29) is 11.9 Å². The van der Waals surface area contributed by atoms with E-state index >= 15 is 0 Å². The number of aliphatic carboxylic acids is 1. The van der Waals surface area contributed by atoms with Crippen LogP contribution in [0.25, 0.3) is 0 Å². The van der Waals surface area contributed by atoms with Gasteiger partial charge in [-0.05, 0) is 19.8 Å². The second-order valence-corrected chi connectivity index (χ2v) is 4.67. The van der Waals surface area contributed by atoms with E-state index in [9.17, 15) is 19.5 Å². The third kappa shape index (κ3) is 2.01. The highest BCUT2D eigenvalue weighted by atomic mass is 16.4. The van der Waals surface area contributed by atoms with Gasteiger partial charge in [0.2, 0.25) is 5.82 Å². The molecule has 2 atom stereocenters. The molecule has 2 rings (SSSR count). The van der Waals surface area contributed by atoms with Crippen molar-refractivity contribution < 1.29 is 9.90 Å². The molecule has 0 spiro atoms. The van der Waals surface area contributed by atoms with Gasteiger partial charge in [0.15, 0.2) is 0 Å². The molecule has 18 heavy (non-hydrogen) atoms. The Morgan fingerprint density at radius 1 is 1.56 bits per heavy atom. The molecule has 0 radical (unpaired) electrons. The molecule has 8 heteroatoms. The highest BCUT2D eigenvalue weighted by molar-refractivity contribution is 5.76. The molecular weight excluding hydrogens is 240 g/mol. The van der Waals surface area contributed by atoms with E-state index in [1.807, 2.05) is 4.98 Å². The van der Waals surface area contributed by atoms with E-state index in [0.717, 1.165) is 6.42 Å². The van der Waals surface area contributed by atoms with Crippen LogP contribution in [-0.4, -0.2) is 32.3 Å². The van der Waals surface area contributed by atoms with E-state index < -0.39 is 22.6 Å². The lowest BCUT2D eigenvalue weighted by atomic mass is 9.85. The predicted octanol–water partition coefficient (Wildman–Crippen LogP) is -0.487. The van der Waals surface area contributed by atoms with Crippen molar-refractivity contribution in [1.82, 2.24) is 15.2 Å². The largest absolute Gasteiger partial charge is 0.481 e. The summed E-state index contributed by atoms with van der Waals surface area (Å²) >= 11 is 0. The summed E-state index contributed by atoms with van der Waals surface area (Å²) in [6.45, 7) is 1.64. The van der Waals surface area contributed by atoms with E-state index in [0.29, 0.717) is 12.8 Å². The molecule has 0 saturated heterocycles. The predicted molar refractivity (Wildman–Crippen MR) is 62.5 cm³/mol. The first-order valence-corrected chi connectivity index (χ1v) is 5.62. The van der Waals surface area contributed by atoms with Crippen molar-refractivity contribution in [3.05, 3.63) is 20.8 Å². The highest BCUT2D eigenvalue weighted by Crippen LogP contribution is 2.39. The number of hydrogen-bond acceptors (Lipinski definition) is 5. The number of aromatic amines is 2. The maximum absolute atomic E-state index is 11.5. The van der Waals surface area contributed by atoms with Crippen LogP contribution in [0.4, 0.5) is 5.82 Å². The number of aromatic nitrogens is 3. The molecule has 1 aromatic heterocycles. The summed E-state index contributed by atoms with van der Waals surface area (Å²) in [7, 11) is 0. The lowest BCUT2D eigenvalue weighted by Gasteiger charge is -2.27. The zero-order valence-electron chi connectivity index (χ0n) is 9.82. The van der Waals surface area contributed by atoms with E-state index in [4.69, 9.17) is 0 Å². The molecule has 0 aromatic carbocycles. The van der Waals surface area contributed by atoms with Crippen LogP contribution in [0.15, 0.2) is 9.59 Å². The minimum Gasteiger partial charge on any atom is -0.481 e. The first-order valence-electron chi connectivity index (χ1n) is 5.62. The number of anilines is 1. The molecule has 1 saturated carbocycles. The maximum atomic E-state index is 11.5. The first kappa shape index (κ1) is 12.3. The van der Waals surface area contributed by atoms with Gasteiger partial charge in [-0.15, -0.1) is 5.10 Å². The molecule has 1 heterocycles. The quantitative estimate of drug-likeness (QED) is 0.576. The van der Waals surface area contributed by atoms with Gasteiger partial charge >= 0.3 is 11.7 Å². The van der Waals surface area contributed by atoms with Crippen molar-refractivity contribution in [2.45, 2.75) is 32.2 Å². The number of H-pyrrole nitrogens is 2. The van der Waals surface area contributed by atoms with Crippen LogP contribution in [0.2, 0.25) is 0 Å². The van der Waals surface area contributed by atoms with Crippen LogP contribution < -0.4 is 16.6 Å². The van der Waals surface area contributed by atoms with Gasteiger partial charge in [0.05, 0.1) is 5.41 Å². The lowest BCUT2D eigenvalue weighted by molar-refractivity contribution is -0.147. The van der Waals surface area contributed by atoms with Crippen molar-refractivity contribution >= 4 is 11.8 Å². The molecule has 2 unspecified atom stereocenters. The minimum atomic E-state index is -0.926. The maximum Gasteiger partial charge on any atom is 0.342 e. The van der Waals surface area contributed by atoms with Gasteiger partial charge in [-0.1, -0.05) is 6.42 Å². The van der Waals surface area contributed by atoms with Crippen LogP contribution in [0.1, 0.15) is 26.2 Å². The number of nitrogens with one attached hydrogen (secondary N) is 3. The molecule has 1 aliphatic rings. The van der Waals surface area contributed by atoms with Crippen molar-refractivity contribution in [3.63, 3.8) is 0 Å². The zero-order chi connectivity index (χ0) is 13.3. The fourth-order valence-electron chi connectivity index (χ4n) is 2.26. The van der Waals surface area contributed by atoms with Crippen LogP contribution in [0.3, 0.4) is 0 Å². The van der Waals surface area contributed by atoms with E-state index in [1.165, 1.54) is 0 Å². The summed E-state index contributed by atoms with van der Waals surface area (Å²) < 4.78 is 0. The van der Waals surface area contributed by atoms with E-state index in [2.05, 4.69) is 15.5 Å². The van der Waals surface area contributed by atoms with Gasteiger partial charge < -0.3 is 10.4 Å². The second kappa shape index (κ2) is 4.28. The molecule has 8 nitrogen and oxygen atoms in total. The molecular formula is C10H14N4O4. The Balaban J connectivity index is 2.26. The van der Waals surface area contributed by atoms with Crippen molar-refractivity contribution in [2.75, 3.05) is 5.32 Å². The normalized spacial score (nSPS) is 27.1. The monoisotopic (exact) mass is 254 g/mol. The Kier molecular flexibility index (Phi) is 2.93. The van der Waals surface area contributed by atoms with Gasteiger partial charge in [-0.25, -0.2) is 9.89 Å². The Bertz CT molecular complexity index is 578. The van der Waals surface area contributed by atoms with Crippen LogP contribution in [0.5, 0.6) is 0 Å². The molecule has 4 N–H and O–H groups in total. The zero-order valence-corrected chi connectivity index (χ0v) is 9.82. The van der Waals surface area contributed by atoms with Crippen molar-refractivity contribution in [1.29, 1.82) is 0 Å². The average molecular weight is 254 g/mol. The van der Waals surface area contributed by atoms with Gasteiger partial charge in [0.25, 0.3) is 5.56 Å². The number of rotatable bonds is 3. The van der Waals surface area contributed by atoms with Crippen molar-refractivity contribution in [2.24, 2.45) is 5.41 Å². The van der Waals surface area contributed by atoms with Crippen molar-refractivity contribution in [3.8, 4) is 0 Å². The summed E-state index contributed by atoms with van der Waals surface area (Å²) in [5, 5.41) is 17.7. The second-order valence-electron chi connectivity index (χ2n) is 4.67. The Morgan fingerprint density at radius 2 is 2.28 bits per heavy atom. The molecule has 1 aromatic rings. The Morgan fingerprint density at radius 3 is 2.89 bits per heavy atom. The third-order valence-corrected chi connectivity index (χ3v) is 3.47. The number of hydrogen-bond donors (Lipinski definition) is 4. The minimum absolute atomic E-state index is 0.0611. The van der Waals surface area contributed by atoms with Gasteiger partial charge in [-0.3, -0.25) is 14.6 Å². The van der Waals surface area contributed by atoms with Gasteiger partial charge in [-0.2, -0.15) is 0 Å². The number of carboxylic acids is 1. The highest BCUT2D eigenvalue weighted by Gasteiger charge is 2.45. The summed E-state index contributed by atoms with van der Waals surface area (Å²) in [5.74, 6) is -0.965.